The minimum atomic E-state index is -3.74. The van der Waals surface area contributed by atoms with Gasteiger partial charge in [-0.2, -0.15) is 4.72 Å². The third-order valence-electron chi connectivity index (χ3n) is 5.19. The Morgan fingerprint density at radius 2 is 2.10 bits per heavy atom. The van der Waals surface area contributed by atoms with Crippen molar-refractivity contribution < 1.29 is 13.2 Å². The molecule has 0 spiro atoms. The molecule has 0 radical (unpaired) electrons. The molecule has 1 fully saturated rings. The summed E-state index contributed by atoms with van der Waals surface area (Å²) in [5, 5.41) is 4.51. The van der Waals surface area contributed by atoms with E-state index in [1.807, 2.05) is 12.1 Å². The number of rotatable bonds is 5. The van der Waals surface area contributed by atoms with Crippen molar-refractivity contribution in [3.8, 4) is 0 Å². The van der Waals surface area contributed by atoms with Crippen LogP contribution in [0.15, 0.2) is 35.7 Å². The second kappa shape index (κ2) is 8.20. The number of anilines is 1. The summed E-state index contributed by atoms with van der Waals surface area (Å²) in [4.78, 5) is 15.2. The van der Waals surface area contributed by atoms with E-state index in [2.05, 4.69) is 23.0 Å². The molecule has 9 heteroatoms. The van der Waals surface area contributed by atoms with Gasteiger partial charge in [-0.15, -0.1) is 11.3 Å². The maximum Gasteiger partial charge on any atom is 0.245 e. The van der Waals surface area contributed by atoms with Gasteiger partial charge in [-0.25, -0.2) is 8.42 Å². The number of fused-ring (bicyclic) bond motifs is 1. The zero-order chi connectivity index (χ0) is 20.6. The molecule has 29 heavy (non-hydrogen) atoms. The van der Waals surface area contributed by atoms with E-state index in [0.29, 0.717) is 23.3 Å². The van der Waals surface area contributed by atoms with Crippen molar-refractivity contribution >= 4 is 50.6 Å². The fourth-order valence-corrected chi connectivity index (χ4v) is 5.76. The molecule has 0 unspecified atom stereocenters. The number of sulfonamides is 1. The molecular weight excluding hydrogens is 430 g/mol. The first-order chi connectivity index (χ1) is 13.8. The number of thiophene rings is 1. The highest BCUT2D eigenvalue weighted by Crippen LogP contribution is 2.27. The smallest absolute Gasteiger partial charge is 0.245 e. The van der Waals surface area contributed by atoms with Crippen molar-refractivity contribution in [1.29, 1.82) is 0 Å². The lowest BCUT2D eigenvalue weighted by Crippen LogP contribution is -2.40. The van der Waals surface area contributed by atoms with Crippen LogP contribution in [-0.4, -0.2) is 33.0 Å². The van der Waals surface area contributed by atoms with Crippen LogP contribution in [0, 0.1) is 0 Å². The second-order valence-corrected chi connectivity index (χ2v) is 10.7. The van der Waals surface area contributed by atoms with Gasteiger partial charge in [0.25, 0.3) is 0 Å². The number of hydrogen-bond donors (Lipinski definition) is 2. The molecule has 2 aromatic rings. The van der Waals surface area contributed by atoms with Gasteiger partial charge in [0.05, 0.1) is 4.34 Å². The summed E-state index contributed by atoms with van der Waals surface area (Å²) in [6.07, 6.45) is 2.83. The van der Waals surface area contributed by atoms with Crippen LogP contribution >= 0.6 is 22.9 Å². The Kier molecular flexibility index (Phi) is 5.81. The predicted molar refractivity (Wildman–Crippen MR) is 118 cm³/mol. The van der Waals surface area contributed by atoms with E-state index in [4.69, 9.17) is 11.6 Å². The lowest BCUT2D eigenvalue weighted by molar-refractivity contribution is -0.118. The highest BCUT2D eigenvalue weighted by atomic mass is 35.5. The van der Waals surface area contributed by atoms with Gasteiger partial charge >= 0.3 is 0 Å². The van der Waals surface area contributed by atoms with Gasteiger partial charge in [0.2, 0.25) is 15.9 Å². The number of carbonyl (C=O) groups excluding carboxylic acids is 1. The zero-order valence-corrected chi connectivity index (χ0v) is 18.3. The summed E-state index contributed by atoms with van der Waals surface area (Å²) in [6.45, 7) is 3.46. The van der Waals surface area contributed by atoms with E-state index in [1.54, 1.807) is 17.0 Å². The molecule has 3 heterocycles. The number of amides is 1. The second-order valence-electron chi connectivity index (χ2n) is 7.38. The molecule has 0 bridgehead atoms. The van der Waals surface area contributed by atoms with Gasteiger partial charge in [0.1, 0.15) is 6.04 Å². The topological polar surface area (TPSA) is 78.5 Å². The van der Waals surface area contributed by atoms with Crippen molar-refractivity contribution in [3.05, 3.63) is 56.1 Å². The van der Waals surface area contributed by atoms with Crippen LogP contribution < -0.4 is 14.9 Å². The number of halogens is 1. The standard InChI is InChI=1S/C20H22ClN3O3S2/c1-13-10-15-11-16(3-2-14(15)12-22-13)24-8-6-18(20(24)25)23-29(26,27)9-7-17-4-5-19(21)28-17/h2-5,7,9,11,13,18,22-23H,6,8,10,12H2,1H3/t13-,18-/m0/s1. The van der Waals surface area contributed by atoms with Gasteiger partial charge in [-0.3, -0.25) is 4.79 Å². The number of hydrogen-bond acceptors (Lipinski definition) is 5. The van der Waals surface area contributed by atoms with Crippen LogP contribution in [0.5, 0.6) is 0 Å². The van der Waals surface area contributed by atoms with E-state index in [9.17, 15) is 13.2 Å². The van der Waals surface area contributed by atoms with Crippen LogP contribution in [0.1, 0.15) is 29.3 Å². The fourth-order valence-electron chi connectivity index (χ4n) is 3.69. The summed E-state index contributed by atoms with van der Waals surface area (Å²) < 4.78 is 27.9. The maximum atomic E-state index is 12.8. The molecular formula is C20H22ClN3O3S2. The summed E-state index contributed by atoms with van der Waals surface area (Å²) >= 11 is 7.15. The molecule has 1 saturated heterocycles. The summed E-state index contributed by atoms with van der Waals surface area (Å²) in [6, 6.07) is 9.13. The molecule has 0 saturated carbocycles. The van der Waals surface area contributed by atoms with Crippen molar-refractivity contribution in [2.45, 2.75) is 38.4 Å². The van der Waals surface area contributed by atoms with Crippen molar-refractivity contribution in [2.75, 3.05) is 11.4 Å². The third kappa shape index (κ3) is 4.73. The van der Waals surface area contributed by atoms with Crippen molar-refractivity contribution in [1.82, 2.24) is 10.0 Å². The molecule has 2 aliphatic rings. The molecule has 1 amide bonds. The Hall–Kier alpha value is -1.71. The SMILES string of the molecule is C[C@H]1Cc2cc(N3CC[C@H](NS(=O)(=O)C=Cc4ccc(Cl)s4)C3=O)ccc2CN1. The van der Waals surface area contributed by atoms with E-state index < -0.39 is 16.1 Å². The van der Waals surface area contributed by atoms with Crippen molar-refractivity contribution in [2.24, 2.45) is 0 Å². The van der Waals surface area contributed by atoms with Gasteiger partial charge in [0, 0.05) is 35.1 Å². The van der Waals surface area contributed by atoms with E-state index in [-0.39, 0.29) is 5.91 Å². The van der Waals surface area contributed by atoms with Crippen LogP contribution in [-0.2, 0) is 27.8 Å². The van der Waals surface area contributed by atoms with Gasteiger partial charge < -0.3 is 10.2 Å². The molecule has 4 rings (SSSR count). The van der Waals surface area contributed by atoms with E-state index in [1.165, 1.54) is 28.5 Å². The Labute approximate surface area is 179 Å². The fraction of sp³-hybridized carbons (Fsp3) is 0.350. The maximum absolute atomic E-state index is 12.8. The molecule has 154 valence electrons. The summed E-state index contributed by atoms with van der Waals surface area (Å²) in [5.74, 6) is -0.219. The number of benzene rings is 1. The average Bonchev–Trinajstić information content (AvgIpc) is 3.25. The molecule has 0 aliphatic carbocycles. The van der Waals surface area contributed by atoms with E-state index >= 15 is 0 Å². The van der Waals surface area contributed by atoms with Crippen LogP contribution in [0.25, 0.3) is 6.08 Å². The van der Waals surface area contributed by atoms with Crippen LogP contribution in [0.4, 0.5) is 5.69 Å². The van der Waals surface area contributed by atoms with Gasteiger partial charge in [-0.05, 0) is 61.2 Å². The summed E-state index contributed by atoms with van der Waals surface area (Å²) in [7, 11) is -3.74. The zero-order valence-electron chi connectivity index (χ0n) is 15.9. The minimum absolute atomic E-state index is 0.219. The first kappa shape index (κ1) is 20.6. The molecule has 1 aromatic carbocycles. The number of carbonyl (C=O) groups is 1. The monoisotopic (exact) mass is 451 g/mol. The molecule has 1 aromatic heterocycles. The molecule has 2 N–H and O–H groups in total. The van der Waals surface area contributed by atoms with E-state index in [0.717, 1.165) is 28.9 Å². The Bertz CT molecular complexity index is 1060. The summed E-state index contributed by atoms with van der Waals surface area (Å²) in [5.41, 5.74) is 3.31. The molecule has 2 atom stereocenters. The lowest BCUT2D eigenvalue weighted by atomic mass is 9.96. The Morgan fingerprint density at radius 1 is 1.28 bits per heavy atom. The highest BCUT2D eigenvalue weighted by molar-refractivity contribution is 7.92. The normalized spacial score (nSPS) is 22.4. The molecule has 6 nitrogen and oxygen atoms in total. The first-order valence-corrected chi connectivity index (χ1v) is 12.2. The molecule has 2 aliphatic heterocycles. The predicted octanol–water partition coefficient (Wildman–Crippen LogP) is 3.13. The van der Waals surface area contributed by atoms with Crippen LogP contribution in [0.3, 0.4) is 0 Å². The Morgan fingerprint density at radius 3 is 2.86 bits per heavy atom. The number of nitrogens with zero attached hydrogens (tertiary/aromatic N) is 1. The van der Waals surface area contributed by atoms with Crippen molar-refractivity contribution in [3.63, 3.8) is 0 Å². The largest absolute Gasteiger partial charge is 0.311 e. The van der Waals surface area contributed by atoms with Gasteiger partial charge in [0.15, 0.2) is 0 Å². The third-order valence-corrected chi connectivity index (χ3v) is 7.49. The lowest BCUT2D eigenvalue weighted by Gasteiger charge is -2.25. The first-order valence-electron chi connectivity index (χ1n) is 9.43. The Balaban J connectivity index is 1.45. The average molecular weight is 452 g/mol. The quantitative estimate of drug-likeness (QED) is 0.732. The van der Waals surface area contributed by atoms with Gasteiger partial charge in [-0.1, -0.05) is 17.7 Å². The van der Waals surface area contributed by atoms with Crippen LogP contribution in [0.2, 0.25) is 4.34 Å². The highest BCUT2D eigenvalue weighted by Gasteiger charge is 2.35. The minimum Gasteiger partial charge on any atom is -0.311 e. The number of nitrogens with one attached hydrogen (secondary N) is 2.